The first-order chi connectivity index (χ1) is 19.2. The highest BCUT2D eigenvalue weighted by Gasteiger charge is 2.13. The maximum Gasteiger partial charge on any atom is 0.220 e. The summed E-state index contributed by atoms with van der Waals surface area (Å²) in [6.07, 6.45) is 0.759. The van der Waals surface area contributed by atoms with Crippen LogP contribution < -0.4 is 9.47 Å². The maximum atomic E-state index is 13.3. The molecule has 0 radical (unpaired) electrons. The number of hydrogen-bond donors (Lipinski definition) is 1. The number of nitrogens with zero attached hydrogens (tertiary/aromatic N) is 5. The van der Waals surface area contributed by atoms with Crippen molar-refractivity contribution in [3.63, 3.8) is 0 Å². The number of aromatic amines is 1. The summed E-state index contributed by atoms with van der Waals surface area (Å²) in [7, 11) is 0. The molecule has 0 aliphatic carbocycles. The molecule has 9 heteroatoms. The molecule has 3 aromatic heterocycles. The van der Waals surface area contributed by atoms with E-state index in [4.69, 9.17) is 9.47 Å². The Morgan fingerprint density at radius 2 is 1.64 bits per heavy atom. The van der Waals surface area contributed by atoms with E-state index in [0.717, 1.165) is 34.4 Å². The first kappa shape index (κ1) is 24.2. The number of pyridine rings is 2. The van der Waals surface area contributed by atoms with Crippen LogP contribution in [0, 0.1) is 5.82 Å². The van der Waals surface area contributed by atoms with Gasteiger partial charge in [-0.25, -0.2) is 9.37 Å². The molecule has 0 aliphatic rings. The molecule has 0 saturated heterocycles. The second-order valence-electron chi connectivity index (χ2n) is 8.81. The maximum absolute atomic E-state index is 13.3. The highest BCUT2D eigenvalue weighted by atomic mass is 19.1. The van der Waals surface area contributed by atoms with Gasteiger partial charge in [0.2, 0.25) is 11.7 Å². The highest BCUT2D eigenvalue weighted by molar-refractivity contribution is 5.82. The normalized spacial score (nSPS) is 11.0. The van der Waals surface area contributed by atoms with Gasteiger partial charge in [0.05, 0.1) is 5.52 Å². The fourth-order valence-corrected chi connectivity index (χ4v) is 4.23. The van der Waals surface area contributed by atoms with E-state index in [1.807, 2.05) is 67.6 Å². The minimum absolute atomic E-state index is 0.329. The Morgan fingerprint density at radius 3 is 2.38 bits per heavy atom. The lowest BCUT2D eigenvalue weighted by Crippen LogP contribution is -2.00. The molecule has 1 N–H and O–H groups in total. The van der Waals surface area contributed by atoms with Gasteiger partial charge in [-0.15, -0.1) is 10.2 Å². The molecule has 8 nitrogen and oxygen atoms in total. The van der Waals surface area contributed by atoms with Crippen molar-refractivity contribution < 1.29 is 13.9 Å². The highest BCUT2D eigenvalue weighted by Crippen LogP contribution is 2.31. The van der Waals surface area contributed by atoms with Crippen LogP contribution in [0.25, 0.3) is 33.5 Å². The number of fused-ring (bicyclic) bond motifs is 1. The fourth-order valence-electron chi connectivity index (χ4n) is 4.23. The lowest BCUT2D eigenvalue weighted by molar-refractivity contribution is 0.308. The largest absolute Gasteiger partial charge is 0.486 e. The smallest absolute Gasteiger partial charge is 0.220 e. The zero-order valence-electron chi connectivity index (χ0n) is 21.0. The number of aryl methyl sites for hydroxylation is 1. The molecular formula is C30H23FN6O2. The van der Waals surface area contributed by atoms with Crippen LogP contribution in [0.3, 0.4) is 0 Å². The van der Waals surface area contributed by atoms with Crippen LogP contribution in [0.5, 0.6) is 17.4 Å². The van der Waals surface area contributed by atoms with Gasteiger partial charge in [0.1, 0.15) is 29.4 Å². The average Bonchev–Trinajstić information content (AvgIpc) is 3.52. The fraction of sp³-hybridized carbons (Fsp3) is 0.100. The van der Waals surface area contributed by atoms with Gasteiger partial charge in [-0.2, -0.15) is 5.21 Å². The summed E-state index contributed by atoms with van der Waals surface area (Å²) in [5.41, 5.74) is 6.15. The lowest BCUT2D eigenvalue weighted by atomic mass is 9.98. The lowest BCUT2D eigenvalue weighted by Gasteiger charge is -2.12. The van der Waals surface area contributed by atoms with Gasteiger partial charge in [-0.3, -0.25) is 4.98 Å². The van der Waals surface area contributed by atoms with Gasteiger partial charge < -0.3 is 9.47 Å². The Labute approximate surface area is 223 Å². The van der Waals surface area contributed by atoms with Crippen molar-refractivity contribution in [3.05, 3.63) is 108 Å². The number of rotatable bonds is 8. The van der Waals surface area contributed by atoms with Crippen molar-refractivity contribution in [2.75, 3.05) is 0 Å². The Bertz CT molecular complexity index is 1720. The van der Waals surface area contributed by atoms with E-state index in [-0.39, 0.29) is 5.82 Å². The van der Waals surface area contributed by atoms with Gasteiger partial charge in [0, 0.05) is 23.4 Å². The molecule has 6 rings (SSSR count). The quantitative estimate of drug-likeness (QED) is 0.244. The van der Waals surface area contributed by atoms with Crippen LogP contribution >= 0.6 is 0 Å². The van der Waals surface area contributed by atoms with Crippen LogP contribution in [0.2, 0.25) is 0 Å². The average molecular weight is 519 g/mol. The van der Waals surface area contributed by atoms with Crippen molar-refractivity contribution in [1.82, 2.24) is 30.6 Å². The van der Waals surface area contributed by atoms with Crippen LogP contribution in [0.15, 0.2) is 91.0 Å². The number of tetrazole rings is 1. The van der Waals surface area contributed by atoms with Gasteiger partial charge in [0.25, 0.3) is 0 Å². The topological polar surface area (TPSA) is 98.7 Å². The van der Waals surface area contributed by atoms with Gasteiger partial charge in [-0.05, 0) is 58.7 Å². The zero-order valence-corrected chi connectivity index (χ0v) is 21.0. The molecule has 39 heavy (non-hydrogen) atoms. The van der Waals surface area contributed by atoms with Crippen molar-refractivity contribution >= 4 is 11.0 Å². The van der Waals surface area contributed by atoms with Crippen LogP contribution in [-0.4, -0.2) is 30.6 Å². The Hall–Kier alpha value is -5.18. The summed E-state index contributed by atoms with van der Waals surface area (Å²) < 4.78 is 25.4. The molecule has 0 aliphatic heterocycles. The standard InChI is InChI=1S/C30H23FN6O2/c1-2-22-17-27(29-26(32-22)15-16-28(33-29)39-23-13-11-21(31)12-14-23)38-18-19-7-9-20(10-8-19)24-5-3-4-6-25(24)30-34-36-37-35-30/h3-17H,2,18H2,1H3,(H,34,35,36,37). The number of H-pyrrole nitrogens is 1. The third-order valence-corrected chi connectivity index (χ3v) is 6.21. The SMILES string of the molecule is CCc1cc(OCc2ccc(-c3ccccc3-c3nn[nH]n3)cc2)c2nc(Oc3ccc(F)cc3)ccc2n1. The van der Waals surface area contributed by atoms with Crippen LogP contribution in [0.1, 0.15) is 18.2 Å². The number of aromatic nitrogens is 6. The van der Waals surface area contributed by atoms with E-state index in [9.17, 15) is 4.39 Å². The monoisotopic (exact) mass is 518 g/mol. The van der Waals surface area contributed by atoms with E-state index < -0.39 is 0 Å². The molecule has 0 fully saturated rings. The van der Waals surface area contributed by atoms with Crippen LogP contribution in [-0.2, 0) is 13.0 Å². The summed E-state index contributed by atoms with van der Waals surface area (Å²) >= 11 is 0. The summed E-state index contributed by atoms with van der Waals surface area (Å²) in [5.74, 6) is 1.70. The summed E-state index contributed by atoms with van der Waals surface area (Å²) in [6, 6.07) is 27.4. The van der Waals surface area contributed by atoms with E-state index in [1.54, 1.807) is 18.2 Å². The Kier molecular flexibility index (Phi) is 6.61. The van der Waals surface area contributed by atoms with Gasteiger partial charge in [0.15, 0.2) is 0 Å². The molecule has 0 unspecified atom stereocenters. The van der Waals surface area contributed by atoms with Crippen LogP contribution in [0.4, 0.5) is 4.39 Å². The number of ether oxygens (including phenoxy) is 2. The summed E-state index contributed by atoms with van der Waals surface area (Å²) in [6.45, 7) is 2.39. The van der Waals surface area contributed by atoms with Crippen molar-refractivity contribution in [2.24, 2.45) is 0 Å². The first-order valence-corrected chi connectivity index (χ1v) is 12.5. The molecule has 192 valence electrons. The molecule has 3 heterocycles. The number of nitrogens with one attached hydrogen (secondary N) is 1. The number of halogens is 1. The Balaban J connectivity index is 1.24. The first-order valence-electron chi connectivity index (χ1n) is 12.5. The molecule has 0 atom stereocenters. The minimum atomic E-state index is -0.329. The van der Waals surface area contributed by atoms with Crippen molar-refractivity contribution in [2.45, 2.75) is 20.0 Å². The third-order valence-electron chi connectivity index (χ3n) is 6.21. The molecule has 0 amide bonds. The van der Waals surface area contributed by atoms with Gasteiger partial charge in [-0.1, -0.05) is 55.5 Å². The number of benzene rings is 3. The molecule has 6 aromatic rings. The second-order valence-corrected chi connectivity index (χ2v) is 8.81. The molecule has 3 aromatic carbocycles. The minimum Gasteiger partial charge on any atom is -0.486 e. The van der Waals surface area contributed by atoms with E-state index in [0.29, 0.717) is 40.8 Å². The van der Waals surface area contributed by atoms with E-state index in [2.05, 4.69) is 30.6 Å². The number of hydrogen-bond acceptors (Lipinski definition) is 7. The third kappa shape index (κ3) is 5.28. The molecule has 0 spiro atoms. The second kappa shape index (κ2) is 10.7. The van der Waals surface area contributed by atoms with Crippen molar-refractivity contribution in [1.29, 1.82) is 0 Å². The molecule has 0 bridgehead atoms. The Morgan fingerprint density at radius 1 is 0.846 bits per heavy atom. The van der Waals surface area contributed by atoms with Crippen molar-refractivity contribution in [3.8, 4) is 39.9 Å². The predicted molar refractivity (Wildman–Crippen MR) is 145 cm³/mol. The van der Waals surface area contributed by atoms with Gasteiger partial charge >= 0.3 is 0 Å². The predicted octanol–water partition coefficient (Wildman–Crippen LogP) is 6.55. The molecular weight excluding hydrogens is 495 g/mol. The van der Waals surface area contributed by atoms with E-state index in [1.165, 1.54) is 12.1 Å². The zero-order chi connectivity index (χ0) is 26.6. The summed E-state index contributed by atoms with van der Waals surface area (Å²) in [5, 5.41) is 14.4. The summed E-state index contributed by atoms with van der Waals surface area (Å²) in [4.78, 5) is 9.32. The molecule has 0 saturated carbocycles. The van der Waals surface area contributed by atoms with E-state index >= 15 is 0 Å².